The number of rotatable bonds is 15. The van der Waals surface area contributed by atoms with E-state index in [1.807, 2.05) is 54.6 Å². The van der Waals surface area contributed by atoms with Gasteiger partial charge in [-0.05, 0) is 74.1 Å². The fourth-order valence-electron chi connectivity index (χ4n) is 4.61. The Morgan fingerprint density at radius 3 is 2.68 bits per heavy atom. The summed E-state index contributed by atoms with van der Waals surface area (Å²) in [5.41, 5.74) is 4.11. The van der Waals surface area contributed by atoms with E-state index in [-0.39, 0.29) is 5.91 Å². The summed E-state index contributed by atoms with van der Waals surface area (Å²) >= 11 is 3.42. The maximum atomic E-state index is 12.3. The molecule has 0 unspecified atom stereocenters. The summed E-state index contributed by atoms with van der Waals surface area (Å²) in [7, 11) is 0. The maximum Gasteiger partial charge on any atom is 0.251 e. The van der Waals surface area contributed by atoms with Gasteiger partial charge in [0.15, 0.2) is 0 Å². The van der Waals surface area contributed by atoms with E-state index < -0.39 is 0 Å². The molecule has 6 heteroatoms. The molecule has 4 rings (SSSR count). The monoisotopic (exact) mass is 573 g/mol. The zero-order valence-electron chi connectivity index (χ0n) is 21.9. The van der Waals surface area contributed by atoms with Crippen LogP contribution in [0.15, 0.2) is 89.9 Å². The number of carbonyl (C=O) groups is 1. The lowest BCUT2D eigenvalue weighted by Crippen LogP contribution is -2.24. The maximum absolute atomic E-state index is 12.3. The highest BCUT2D eigenvalue weighted by Gasteiger charge is 2.11. The summed E-state index contributed by atoms with van der Waals surface area (Å²) in [6.07, 6.45) is 8.69. The van der Waals surface area contributed by atoms with Crippen molar-refractivity contribution in [2.24, 2.45) is 0 Å². The average Bonchev–Trinajstić information content (AvgIpc) is 3.28. The molecule has 4 aromatic rings. The lowest BCUT2D eigenvalue weighted by Gasteiger charge is -2.12. The predicted octanol–water partition coefficient (Wildman–Crippen LogP) is 7.53. The van der Waals surface area contributed by atoms with E-state index in [4.69, 9.17) is 9.72 Å². The molecule has 1 N–H and O–H groups in total. The molecular weight excluding hydrogens is 538 g/mol. The van der Waals surface area contributed by atoms with Gasteiger partial charge in [0, 0.05) is 29.5 Å². The first-order chi connectivity index (χ1) is 18.7. The van der Waals surface area contributed by atoms with Crippen LogP contribution in [0.4, 0.5) is 0 Å². The number of halogens is 1. The fourth-order valence-corrected chi connectivity index (χ4v) is 5.01. The molecule has 0 aliphatic heterocycles. The van der Waals surface area contributed by atoms with Gasteiger partial charge in [0.2, 0.25) is 0 Å². The second kappa shape index (κ2) is 14.5. The molecule has 0 bridgehead atoms. The van der Waals surface area contributed by atoms with Crippen LogP contribution in [0.25, 0.3) is 11.0 Å². The number of imidazole rings is 1. The van der Waals surface area contributed by atoms with Crippen molar-refractivity contribution in [1.82, 2.24) is 14.9 Å². The number of amides is 1. The number of nitrogens with zero attached hydrogens (tertiary/aromatic N) is 2. The van der Waals surface area contributed by atoms with Gasteiger partial charge in [-0.1, -0.05) is 64.8 Å². The number of aromatic nitrogens is 2. The molecule has 0 spiro atoms. The Hall–Kier alpha value is -3.38. The molecule has 1 heterocycles. The number of hydrogen-bond donors (Lipinski definition) is 1. The van der Waals surface area contributed by atoms with Gasteiger partial charge in [-0.25, -0.2) is 4.98 Å². The van der Waals surface area contributed by atoms with Crippen LogP contribution in [0.2, 0.25) is 0 Å². The molecule has 0 aliphatic rings. The molecule has 5 nitrogen and oxygen atoms in total. The van der Waals surface area contributed by atoms with Gasteiger partial charge in [-0.2, -0.15) is 0 Å². The van der Waals surface area contributed by atoms with Gasteiger partial charge in [-0.3, -0.25) is 4.79 Å². The van der Waals surface area contributed by atoms with Crippen molar-refractivity contribution in [3.63, 3.8) is 0 Å². The zero-order chi connectivity index (χ0) is 26.6. The summed E-state index contributed by atoms with van der Waals surface area (Å²) in [5.74, 6) is 2.07. The molecular formula is C32H36BrN3O2. The zero-order valence-corrected chi connectivity index (χ0v) is 23.5. The summed E-state index contributed by atoms with van der Waals surface area (Å²) < 4.78 is 9.36. The van der Waals surface area contributed by atoms with Crippen LogP contribution in [-0.2, 0) is 19.4 Å². The van der Waals surface area contributed by atoms with Gasteiger partial charge < -0.3 is 14.6 Å². The average molecular weight is 575 g/mol. The first kappa shape index (κ1) is 27.6. The molecule has 198 valence electrons. The Labute approximate surface area is 234 Å². The van der Waals surface area contributed by atoms with Gasteiger partial charge >= 0.3 is 0 Å². The molecule has 0 radical (unpaired) electrons. The largest absolute Gasteiger partial charge is 0.493 e. The third-order valence-electron chi connectivity index (χ3n) is 6.55. The standard InChI is InChI=1S/C32H36BrN3O2/c1-2-13-25-14-5-8-19-30(25)38-23-11-10-22-36-29-18-7-6-17-28(29)35-31(36)20-4-3-9-21-34-32(37)26-15-12-16-27(33)24-26/h2,5-8,12,14-19,24H,1,3-4,9-11,13,20-23H2,(H,34,37). The molecule has 0 fully saturated rings. The van der Waals surface area contributed by atoms with E-state index in [9.17, 15) is 4.79 Å². The molecule has 3 aromatic carbocycles. The minimum atomic E-state index is -0.0266. The third-order valence-corrected chi connectivity index (χ3v) is 7.05. The molecule has 38 heavy (non-hydrogen) atoms. The Morgan fingerprint density at radius 2 is 1.82 bits per heavy atom. The molecule has 0 aliphatic carbocycles. The minimum absolute atomic E-state index is 0.0266. The number of nitrogens with one attached hydrogen (secondary N) is 1. The summed E-state index contributed by atoms with van der Waals surface area (Å²) in [6.45, 7) is 6.14. The molecule has 0 atom stereocenters. The van der Waals surface area contributed by atoms with E-state index >= 15 is 0 Å². The van der Waals surface area contributed by atoms with Crippen LogP contribution in [0.3, 0.4) is 0 Å². The quantitative estimate of drug-likeness (QED) is 0.118. The lowest BCUT2D eigenvalue weighted by molar-refractivity contribution is 0.0953. The second-order valence-electron chi connectivity index (χ2n) is 9.40. The number of fused-ring (bicyclic) bond motifs is 1. The number of carbonyl (C=O) groups excluding carboxylic acids is 1. The van der Waals surface area contributed by atoms with Crippen LogP contribution in [0, 0.1) is 0 Å². The fraction of sp³-hybridized carbons (Fsp3) is 0.312. The number of hydrogen-bond acceptors (Lipinski definition) is 3. The predicted molar refractivity (Wildman–Crippen MR) is 159 cm³/mol. The normalized spacial score (nSPS) is 11.0. The molecule has 1 aromatic heterocycles. The summed E-state index contributed by atoms with van der Waals surface area (Å²) in [6, 6.07) is 24.0. The van der Waals surface area contributed by atoms with E-state index in [0.717, 1.165) is 73.1 Å². The molecule has 0 saturated carbocycles. The van der Waals surface area contributed by atoms with E-state index in [1.54, 1.807) is 0 Å². The Balaban J connectivity index is 1.23. The number of benzene rings is 3. The number of para-hydroxylation sites is 3. The van der Waals surface area contributed by atoms with Gasteiger partial charge in [-0.15, -0.1) is 6.58 Å². The SMILES string of the molecule is C=CCc1ccccc1OCCCCn1c(CCCCCNC(=O)c2cccc(Br)c2)nc2ccccc21. The third kappa shape index (κ3) is 7.81. The van der Waals surface area contributed by atoms with Crippen molar-refractivity contribution in [2.45, 2.75) is 51.5 Å². The van der Waals surface area contributed by atoms with Crippen LogP contribution < -0.4 is 10.1 Å². The van der Waals surface area contributed by atoms with Crippen molar-refractivity contribution in [3.05, 3.63) is 107 Å². The minimum Gasteiger partial charge on any atom is -0.493 e. The number of unbranched alkanes of at least 4 members (excludes halogenated alkanes) is 3. The highest BCUT2D eigenvalue weighted by molar-refractivity contribution is 9.10. The molecule has 0 saturated heterocycles. The summed E-state index contributed by atoms with van der Waals surface area (Å²) in [5, 5.41) is 3.02. The Kier molecular flexibility index (Phi) is 10.6. The second-order valence-corrected chi connectivity index (χ2v) is 10.3. The van der Waals surface area contributed by atoms with Crippen LogP contribution >= 0.6 is 15.9 Å². The van der Waals surface area contributed by atoms with E-state index in [2.05, 4.69) is 56.7 Å². The van der Waals surface area contributed by atoms with Crippen molar-refractivity contribution in [3.8, 4) is 5.75 Å². The number of ether oxygens (including phenoxy) is 1. The van der Waals surface area contributed by atoms with Gasteiger partial charge in [0.05, 0.1) is 17.6 Å². The van der Waals surface area contributed by atoms with Gasteiger partial charge in [0.1, 0.15) is 11.6 Å². The van der Waals surface area contributed by atoms with Crippen molar-refractivity contribution >= 4 is 32.9 Å². The van der Waals surface area contributed by atoms with E-state index in [1.165, 1.54) is 11.1 Å². The van der Waals surface area contributed by atoms with Crippen molar-refractivity contribution in [2.75, 3.05) is 13.2 Å². The summed E-state index contributed by atoms with van der Waals surface area (Å²) in [4.78, 5) is 17.2. The first-order valence-electron chi connectivity index (χ1n) is 13.4. The van der Waals surface area contributed by atoms with Crippen molar-refractivity contribution < 1.29 is 9.53 Å². The van der Waals surface area contributed by atoms with Gasteiger partial charge in [0.25, 0.3) is 5.91 Å². The Morgan fingerprint density at radius 1 is 0.974 bits per heavy atom. The lowest BCUT2D eigenvalue weighted by atomic mass is 10.1. The smallest absolute Gasteiger partial charge is 0.251 e. The van der Waals surface area contributed by atoms with Crippen molar-refractivity contribution in [1.29, 1.82) is 0 Å². The van der Waals surface area contributed by atoms with Crippen LogP contribution in [0.5, 0.6) is 5.75 Å². The topological polar surface area (TPSA) is 56.1 Å². The van der Waals surface area contributed by atoms with E-state index in [0.29, 0.717) is 18.7 Å². The molecule has 1 amide bonds. The first-order valence-corrected chi connectivity index (χ1v) is 14.2. The highest BCUT2D eigenvalue weighted by Crippen LogP contribution is 2.21. The highest BCUT2D eigenvalue weighted by atomic mass is 79.9. The number of allylic oxidation sites excluding steroid dienone is 1. The number of aryl methyl sites for hydroxylation is 2. The Bertz CT molecular complexity index is 1350. The van der Waals surface area contributed by atoms with Crippen LogP contribution in [-0.4, -0.2) is 28.6 Å². The van der Waals surface area contributed by atoms with Crippen LogP contribution in [0.1, 0.15) is 53.8 Å².